The summed E-state index contributed by atoms with van der Waals surface area (Å²) in [4.78, 5) is 21.1. The second-order valence-corrected chi connectivity index (χ2v) is 6.99. The van der Waals surface area contributed by atoms with Crippen molar-refractivity contribution < 1.29 is 9.53 Å². The van der Waals surface area contributed by atoms with Crippen LogP contribution in [-0.4, -0.2) is 15.9 Å². The number of ether oxygens (including phenoxy) is 1. The van der Waals surface area contributed by atoms with E-state index in [2.05, 4.69) is 15.3 Å². The number of aromatic nitrogens is 2. The van der Waals surface area contributed by atoms with Gasteiger partial charge in [0, 0.05) is 10.9 Å². The maximum absolute atomic E-state index is 12.5. The molecule has 0 atom stereocenters. The van der Waals surface area contributed by atoms with Crippen LogP contribution in [0.3, 0.4) is 0 Å². The van der Waals surface area contributed by atoms with E-state index in [0.717, 1.165) is 15.9 Å². The second kappa shape index (κ2) is 7.00. The number of hydrogen-bond donors (Lipinski definition) is 1. The maximum Gasteiger partial charge on any atom is 0.257 e. The van der Waals surface area contributed by atoms with E-state index in [1.165, 1.54) is 22.7 Å². The van der Waals surface area contributed by atoms with E-state index in [0.29, 0.717) is 23.1 Å². The summed E-state index contributed by atoms with van der Waals surface area (Å²) >= 11 is 2.98. The number of amides is 1. The molecule has 2 aromatic heterocycles. The molecule has 2 heterocycles. The number of fused-ring (bicyclic) bond motifs is 1. The van der Waals surface area contributed by atoms with Crippen molar-refractivity contribution in [2.45, 2.75) is 6.61 Å². The fraction of sp³-hybridized carbons (Fsp3) is 0.0556. The van der Waals surface area contributed by atoms with Crippen LogP contribution >= 0.6 is 22.7 Å². The quantitative estimate of drug-likeness (QED) is 0.561. The lowest BCUT2D eigenvalue weighted by molar-refractivity contribution is 0.102. The minimum Gasteiger partial charge on any atom is -0.487 e. The molecule has 0 spiro atoms. The summed E-state index contributed by atoms with van der Waals surface area (Å²) < 4.78 is 6.73. The van der Waals surface area contributed by atoms with E-state index in [4.69, 9.17) is 4.74 Å². The summed E-state index contributed by atoms with van der Waals surface area (Å²) in [5.41, 5.74) is 4.04. The molecule has 0 fully saturated rings. The van der Waals surface area contributed by atoms with E-state index < -0.39 is 0 Å². The lowest BCUT2D eigenvalue weighted by Gasteiger charge is -2.06. The van der Waals surface area contributed by atoms with E-state index in [9.17, 15) is 4.79 Å². The van der Waals surface area contributed by atoms with Crippen LogP contribution in [0, 0.1) is 0 Å². The Labute approximate surface area is 152 Å². The molecule has 0 saturated carbocycles. The van der Waals surface area contributed by atoms with Gasteiger partial charge < -0.3 is 4.74 Å². The third-order valence-corrected chi connectivity index (χ3v) is 5.07. The van der Waals surface area contributed by atoms with Crippen molar-refractivity contribution in [1.82, 2.24) is 9.97 Å². The fourth-order valence-electron chi connectivity index (χ4n) is 2.29. The minimum atomic E-state index is -0.210. The zero-order valence-electron chi connectivity index (χ0n) is 13.0. The Morgan fingerprint density at radius 1 is 1.16 bits per heavy atom. The number of carbonyl (C=O) groups excluding carboxylic acids is 1. The molecular weight excluding hydrogens is 354 g/mol. The highest BCUT2D eigenvalue weighted by Crippen LogP contribution is 2.26. The van der Waals surface area contributed by atoms with Crippen LogP contribution in [0.4, 0.5) is 5.13 Å². The SMILES string of the molecule is O=C(Nc1nc2ccccc2s1)c1cccc(OCc2cscn2)c1. The van der Waals surface area contributed by atoms with Crippen LogP contribution in [0.2, 0.25) is 0 Å². The van der Waals surface area contributed by atoms with Crippen LogP contribution in [0.5, 0.6) is 5.75 Å². The second-order valence-electron chi connectivity index (χ2n) is 5.24. The van der Waals surface area contributed by atoms with Gasteiger partial charge in [0.2, 0.25) is 0 Å². The van der Waals surface area contributed by atoms with Crippen LogP contribution in [0.25, 0.3) is 10.2 Å². The first-order chi connectivity index (χ1) is 12.3. The highest BCUT2D eigenvalue weighted by Gasteiger charge is 2.11. The summed E-state index contributed by atoms with van der Waals surface area (Å²) in [5.74, 6) is 0.420. The minimum absolute atomic E-state index is 0.210. The van der Waals surface area contributed by atoms with E-state index in [1.54, 1.807) is 23.7 Å². The van der Waals surface area contributed by atoms with Gasteiger partial charge in [-0.2, -0.15) is 0 Å². The van der Waals surface area contributed by atoms with Crippen molar-refractivity contribution in [3.63, 3.8) is 0 Å². The first-order valence-corrected chi connectivity index (χ1v) is 9.31. The number of nitrogens with one attached hydrogen (secondary N) is 1. The number of anilines is 1. The summed E-state index contributed by atoms with van der Waals surface area (Å²) in [5, 5.41) is 5.36. The van der Waals surface area contributed by atoms with Crippen LogP contribution in [-0.2, 0) is 6.61 Å². The third-order valence-electron chi connectivity index (χ3n) is 3.48. The van der Waals surface area contributed by atoms with Crippen LogP contribution in [0.1, 0.15) is 16.1 Å². The van der Waals surface area contributed by atoms with Crippen LogP contribution < -0.4 is 10.1 Å². The number of para-hydroxylation sites is 1. The molecule has 0 unspecified atom stereocenters. The number of hydrogen-bond acceptors (Lipinski definition) is 6. The number of thiazole rings is 2. The van der Waals surface area contributed by atoms with Gasteiger partial charge in [0.1, 0.15) is 12.4 Å². The van der Waals surface area contributed by atoms with Gasteiger partial charge in [-0.15, -0.1) is 11.3 Å². The van der Waals surface area contributed by atoms with Gasteiger partial charge in [-0.1, -0.05) is 29.5 Å². The van der Waals surface area contributed by atoms with Gasteiger partial charge in [0.05, 0.1) is 21.4 Å². The summed E-state index contributed by atoms with van der Waals surface area (Å²) in [6.07, 6.45) is 0. The number of nitrogens with zero attached hydrogens (tertiary/aromatic N) is 2. The molecule has 5 nitrogen and oxygen atoms in total. The number of carbonyl (C=O) groups is 1. The highest BCUT2D eigenvalue weighted by atomic mass is 32.1. The van der Waals surface area contributed by atoms with Gasteiger partial charge in [-0.05, 0) is 30.3 Å². The molecule has 0 aliphatic carbocycles. The Kier molecular flexibility index (Phi) is 4.41. The first kappa shape index (κ1) is 15.7. The molecule has 124 valence electrons. The molecule has 0 saturated heterocycles. The zero-order valence-corrected chi connectivity index (χ0v) is 14.6. The molecule has 0 radical (unpaired) electrons. The summed E-state index contributed by atoms with van der Waals surface area (Å²) in [7, 11) is 0. The smallest absolute Gasteiger partial charge is 0.257 e. The number of benzene rings is 2. The lowest BCUT2D eigenvalue weighted by Crippen LogP contribution is -2.11. The van der Waals surface area contributed by atoms with Crippen molar-refractivity contribution in [1.29, 1.82) is 0 Å². The van der Waals surface area contributed by atoms with Crippen molar-refractivity contribution in [3.05, 3.63) is 70.7 Å². The predicted molar refractivity (Wildman–Crippen MR) is 100 cm³/mol. The Bertz CT molecular complexity index is 979. The normalized spacial score (nSPS) is 10.7. The van der Waals surface area contributed by atoms with Gasteiger partial charge in [0.15, 0.2) is 5.13 Å². The Hall–Kier alpha value is -2.77. The monoisotopic (exact) mass is 367 g/mol. The Balaban J connectivity index is 1.46. The third kappa shape index (κ3) is 3.67. The Morgan fingerprint density at radius 2 is 2.08 bits per heavy atom. The summed E-state index contributed by atoms with van der Waals surface area (Å²) in [6.45, 7) is 0.381. The van der Waals surface area contributed by atoms with Gasteiger partial charge in [-0.25, -0.2) is 9.97 Å². The molecular formula is C18H13N3O2S2. The molecule has 4 rings (SSSR count). The van der Waals surface area contributed by atoms with Crippen molar-refractivity contribution >= 4 is 43.9 Å². The van der Waals surface area contributed by atoms with E-state index in [1.807, 2.05) is 35.7 Å². The number of rotatable bonds is 5. The van der Waals surface area contributed by atoms with Gasteiger partial charge in [0.25, 0.3) is 5.91 Å². The molecule has 7 heteroatoms. The average Bonchev–Trinajstić information content (AvgIpc) is 3.29. The largest absolute Gasteiger partial charge is 0.487 e. The van der Waals surface area contributed by atoms with E-state index in [-0.39, 0.29) is 5.91 Å². The Morgan fingerprint density at radius 3 is 2.92 bits per heavy atom. The maximum atomic E-state index is 12.5. The molecule has 1 amide bonds. The molecule has 0 aliphatic heterocycles. The van der Waals surface area contributed by atoms with Crippen molar-refractivity contribution in [2.75, 3.05) is 5.32 Å². The first-order valence-electron chi connectivity index (χ1n) is 7.55. The fourth-order valence-corrected chi connectivity index (χ4v) is 3.69. The van der Waals surface area contributed by atoms with Crippen molar-refractivity contribution in [2.24, 2.45) is 0 Å². The lowest BCUT2D eigenvalue weighted by atomic mass is 10.2. The van der Waals surface area contributed by atoms with Gasteiger partial charge >= 0.3 is 0 Å². The van der Waals surface area contributed by atoms with Gasteiger partial charge in [-0.3, -0.25) is 10.1 Å². The van der Waals surface area contributed by atoms with Crippen molar-refractivity contribution in [3.8, 4) is 5.75 Å². The standard InChI is InChI=1S/C18H13N3O2S2/c22-17(21-18-20-15-6-1-2-7-16(15)25-18)12-4-3-5-14(8-12)23-9-13-10-24-11-19-13/h1-8,10-11H,9H2,(H,20,21,22). The summed E-state index contributed by atoms with van der Waals surface area (Å²) in [6, 6.07) is 14.9. The van der Waals surface area contributed by atoms with E-state index >= 15 is 0 Å². The predicted octanol–water partition coefficient (Wildman–Crippen LogP) is 4.58. The molecule has 0 aliphatic rings. The van der Waals surface area contributed by atoms with Crippen LogP contribution in [0.15, 0.2) is 59.4 Å². The molecule has 4 aromatic rings. The highest BCUT2D eigenvalue weighted by molar-refractivity contribution is 7.22. The average molecular weight is 367 g/mol. The zero-order chi connectivity index (χ0) is 17.1. The molecule has 0 bridgehead atoms. The molecule has 25 heavy (non-hydrogen) atoms. The molecule has 2 aromatic carbocycles. The topological polar surface area (TPSA) is 64.1 Å². The molecule has 1 N–H and O–H groups in total.